The number of carbonyl (C=O) groups excluding carboxylic acids is 1. The Kier molecular flexibility index (Phi) is 5.44. The van der Waals surface area contributed by atoms with Crippen LogP contribution in [-0.2, 0) is 4.79 Å². The number of aliphatic carboxylic acids is 1. The van der Waals surface area contributed by atoms with Crippen LogP contribution in [0.25, 0.3) is 0 Å². The highest BCUT2D eigenvalue weighted by molar-refractivity contribution is 5.78. The fraction of sp³-hybridized carbons (Fsp3) is 0.846. The van der Waals surface area contributed by atoms with E-state index in [9.17, 15) is 9.59 Å². The minimum absolute atomic E-state index is 0.119. The van der Waals surface area contributed by atoms with Gasteiger partial charge in [0.15, 0.2) is 0 Å². The highest BCUT2D eigenvalue weighted by atomic mass is 16.4. The van der Waals surface area contributed by atoms with Crippen molar-refractivity contribution in [3.05, 3.63) is 0 Å². The Bertz CT molecular complexity index is 307. The summed E-state index contributed by atoms with van der Waals surface area (Å²) in [7, 11) is 0. The summed E-state index contributed by atoms with van der Waals surface area (Å²) in [4.78, 5) is 24.7. The SMILES string of the molecule is CCCC(CC)NC(=O)N1CCC(C(=O)O)C1C. The van der Waals surface area contributed by atoms with Gasteiger partial charge < -0.3 is 15.3 Å². The van der Waals surface area contributed by atoms with E-state index >= 15 is 0 Å². The van der Waals surface area contributed by atoms with E-state index in [1.807, 2.05) is 13.8 Å². The molecule has 2 N–H and O–H groups in total. The minimum atomic E-state index is -0.807. The highest BCUT2D eigenvalue weighted by Crippen LogP contribution is 2.24. The summed E-state index contributed by atoms with van der Waals surface area (Å²) in [6, 6.07) is -0.147. The van der Waals surface area contributed by atoms with E-state index < -0.39 is 11.9 Å². The zero-order chi connectivity index (χ0) is 13.7. The first-order valence-corrected chi connectivity index (χ1v) is 6.81. The van der Waals surface area contributed by atoms with Gasteiger partial charge in [0.2, 0.25) is 0 Å². The van der Waals surface area contributed by atoms with Crippen LogP contribution in [0.4, 0.5) is 4.79 Å². The predicted octanol–water partition coefficient (Wildman–Crippen LogP) is 2.07. The number of carboxylic acids is 1. The first-order valence-electron chi connectivity index (χ1n) is 6.81. The Morgan fingerprint density at radius 1 is 1.44 bits per heavy atom. The largest absolute Gasteiger partial charge is 0.481 e. The third kappa shape index (κ3) is 3.37. The van der Waals surface area contributed by atoms with Crippen LogP contribution < -0.4 is 5.32 Å². The van der Waals surface area contributed by atoms with Crippen molar-refractivity contribution in [1.29, 1.82) is 0 Å². The van der Waals surface area contributed by atoms with E-state index in [2.05, 4.69) is 12.2 Å². The van der Waals surface area contributed by atoms with Gasteiger partial charge in [-0.1, -0.05) is 20.3 Å². The molecule has 0 aromatic rings. The van der Waals surface area contributed by atoms with Crippen molar-refractivity contribution >= 4 is 12.0 Å². The van der Waals surface area contributed by atoms with Crippen molar-refractivity contribution in [2.75, 3.05) is 6.54 Å². The summed E-state index contributed by atoms with van der Waals surface area (Å²) in [5.74, 6) is -1.24. The molecule has 1 saturated heterocycles. The maximum atomic E-state index is 12.1. The molecule has 0 aliphatic carbocycles. The van der Waals surface area contributed by atoms with Crippen LogP contribution in [0.1, 0.15) is 46.5 Å². The number of nitrogens with one attached hydrogen (secondary N) is 1. The van der Waals surface area contributed by atoms with Crippen LogP contribution in [0.2, 0.25) is 0 Å². The second kappa shape index (κ2) is 6.61. The third-order valence-corrected chi connectivity index (χ3v) is 3.79. The highest BCUT2D eigenvalue weighted by Gasteiger charge is 2.38. The van der Waals surface area contributed by atoms with E-state index in [0.29, 0.717) is 13.0 Å². The number of hydrogen-bond donors (Lipinski definition) is 2. The maximum absolute atomic E-state index is 12.1. The molecule has 0 bridgehead atoms. The topological polar surface area (TPSA) is 69.6 Å². The molecule has 104 valence electrons. The molecule has 3 unspecified atom stereocenters. The Hall–Kier alpha value is -1.26. The van der Waals surface area contributed by atoms with Gasteiger partial charge >= 0.3 is 12.0 Å². The number of amides is 2. The van der Waals surface area contributed by atoms with Gasteiger partial charge in [-0.2, -0.15) is 0 Å². The average molecular weight is 256 g/mol. The Morgan fingerprint density at radius 2 is 2.11 bits per heavy atom. The van der Waals surface area contributed by atoms with E-state index in [4.69, 9.17) is 5.11 Å². The van der Waals surface area contributed by atoms with Crippen LogP contribution in [0.5, 0.6) is 0 Å². The molecule has 18 heavy (non-hydrogen) atoms. The molecule has 5 nitrogen and oxygen atoms in total. The number of likely N-dealkylation sites (tertiary alicyclic amines) is 1. The van der Waals surface area contributed by atoms with Gasteiger partial charge in [0, 0.05) is 18.6 Å². The quantitative estimate of drug-likeness (QED) is 0.791. The molecule has 0 aromatic carbocycles. The molecule has 3 atom stereocenters. The van der Waals surface area contributed by atoms with Crippen molar-refractivity contribution in [1.82, 2.24) is 10.2 Å². The molecular formula is C13H24N2O3. The molecular weight excluding hydrogens is 232 g/mol. The molecule has 1 aliphatic rings. The van der Waals surface area contributed by atoms with Crippen LogP contribution in [0.3, 0.4) is 0 Å². The smallest absolute Gasteiger partial charge is 0.317 e. The molecule has 1 aliphatic heterocycles. The van der Waals surface area contributed by atoms with E-state index in [1.54, 1.807) is 4.90 Å². The van der Waals surface area contributed by atoms with Gasteiger partial charge in [-0.25, -0.2) is 4.79 Å². The molecule has 0 spiro atoms. The number of carbonyl (C=O) groups is 2. The van der Waals surface area contributed by atoms with Crippen LogP contribution in [0.15, 0.2) is 0 Å². The van der Waals surface area contributed by atoms with Gasteiger partial charge in [-0.05, 0) is 26.2 Å². The molecule has 1 heterocycles. The zero-order valence-electron chi connectivity index (χ0n) is 11.5. The van der Waals surface area contributed by atoms with E-state index in [0.717, 1.165) is 19.3 Å². The molecule has 0 radical (unpaired) electrons. The second-order valence-electron chi connectivity index (χ2n) is 5.01. The minimum Gasteiger partial charge on any atom is -0.481 e. The lowest BCUT2D eigenvalue weighted by Crippen LogP contribution is -2.47. The van der Waals surface area contributed by atoms with Crippen LogP contribution in [-0.4, -0.2) is 40.6 Å². The van der Waals surface area contributed by atoms with Gasteiger partial charge in [-0.15, -0.1) is 0 Å². The normalized spacial score (nSPS) is 24.9. The van der Waals surface area contributed by atoms with Gasteiger partial charge in [0.25, 0.3) is 0 Å². The maximum Gasteiger partial charge on any atom is 0.317 e. The summed E-state index contributed by atoms with van der Waals surface area (Å²) >= 11 is 0. The van der Waals surface area contributed by atoms with Crippen LogP contribution in [0, 0.1) is 5.92 Å². The van der Waals surface area contributed by atoms with Crippen LogP contribution >= 0.6 is 0 Å². The molecule has 5 heteroatoms. The average Bonchev–Trinajstić information content (AvgIpc) is 2.70. The number of urea groups is 1. The van der Waals surface area contributed by atoms with Gasteiger partial charge in [0.1, 0.15) is 0 Å². The number of carboxylic acid groups (broad SMARTS) is 1. The second-order valence-corrected chi connectivity index (χ2v) is 5.01. The number of hydrogen-bond acceptors (Lipinski definition) is 2. The monoisotopic (exact) mass is 256 g/mol. The Balaban J connectivity index is 2.55. The van der Waals surface area contributed by atoms with E-state index in [-0.39, 0.29) is 18.1 Å². The summed E-state index contributed by atoms with van der Waals surface area (Å²) in [6.07, 6.45) is 3.46. The van der Waals surface area contributed by atoms with Crippen molar-refractivity contribution in [3.63, 3.8) is 0 Å². The van der Waals surface area contributed by atoms with Crippen molar-refractivity contribution in [3.8, 4) is 0 Å². The fourth-order valence-corrected chi connectivity index (χ4v) is 2.54. The van der Waals surface area contributed by atoms with Crippen molar-refractivity contribution in [2.45, 2.75) is 58.5 Å². The summed E-state index contributed by atoms with van der Waals surface area (Å²) in [5.41, 5.74) is 0. The summed E-state index contributed by atoms with van der Waals surface area (Å²) < 4.78 is 0. The lowest BCUT2D eigenvalue weighted by Gasteiger charge is -2.26. The zero-order valence-corrected chi connectivity index (χ0v) is 11.5. The molecule has 1 rings (SSSR count). The predicted molar refractivity (Wildman–Crippen MR) is 69.4 cm³/mol. The van der Waals surface area contributed by atoms with E-state index in [1.165, 1.54) is 0 Å². The van der Waals surface area contributed by atoms with Crippen molar-refractivity contribution < 1.29 is 14.7 Å². The Labute approximate surface area is 109 Å². The molecule has 1 fully saturated rings. The molecule has 0 aromatic heterocycles. The lowest BCUT2D eigenvalue weighted by molar-refractivity contribution is -0.142. The number of rotatable bonds is 5. The summed E-state index contributed by atoms with van der Waals surface area (Å²) in [6.45, 7) is 6.49. The Morgan fingerprint density at radius 3 is 2.56 bits per heavy atom. The molecule has 2 amide bonds. The van der Waals surface area contributed by atoms with Gasteiger partial charge in [0.05, 0.1) is 5.92 Å². The first kappa shape index (κ1) is 14.8. The molecule has 0 saturated carbocycles. The van der Waals surface area contributed by atoms with Crippen molar-refractivity contribution in [2.24, 2.45) is 5.92 Å². The van der Waals surface area contributed by atoms with Gasteiger partial charge in [-0.3, -0.25) is 4.79 Å². The lowest BCUT2D eigenvalue weighted by atomic mass is 10.0. The first-order chi connectivity index (χ1) is 8.51. The fourth-order valence-electron chi connectivity index (χ4n) is 2.54. The number of nitrogens with zero attached hydrogens (tertiary/aromatic N) is 1. The standard InChI is InChI=1S/C13H24N2O3/c1-4-6-10(5-2)14-13(18)15-8-7-11(9(15)3)12(16)17/h9-11H,4-8H2,1-3H3,(H,14,18)(H,16,17). The summed E-state index contributed by atoms with van der Waals surface area (Å²) in [5, 5.41) is 12.0. The third-order valence-electron chi connectivity index (χ3n) is 3.79.